The molecule has 1 aliphatic rings. The second-order valence-corrected chi connectivity index (χ2v) is 9.56. The van der Waals surface area contributed by atoms with E-state index in [1.54, 1.807) is 17.7 Å². The van der Waals surface area contributed by atoms with Crippen LogP contribution in [0, 0.1) is 12.7 Å². The van der Waals surface area contributed by atoms with Crippen LogP contribution in [0.25, 0.3) is 10.6 Å². The molecule has 34 heavy (non-hydrogen) atoms. The Morgan fingerprint density at radius 1 is 1.15 bits per heavy atom. The molecule has 2 amide bonds. The minimum atomic E-state index is -1.27. The first-order valence-electron chi connectivity index (χ1n) is 10.9. The maximum Gasteiger partial charge on any atom is 0.277 e. The van der Waals surface area contributed by atoms with Crippen molar-refractivity contribution in [3.05, 3.63) is 94.7 Å². The molecule has 8 heteroatoms. The van der Waals surface area contributed by atoms with Gasteiger partial charge < -0.3 is 5.32 Å². The fourth-order valence-electron chi connectivity index (χ4n) is 4.32. The van der Waals surface area contributed by atoms with E-state index in [1.807, 2.05) is 48.7 Å². The Labute approximate surface area is 200 Å². The SMILES string of the molecule is Cc1cccc(CNC(=O)C2(C)Cn3nc(-c4cccs4)cc3C(=O)N2c2ccc(F)cc2)c1. The van der Waals surface area contributed by atoms with E-state index in [2.05, 4.69) is 10.4 Å². The van der Waals surface area contributed by atoms with Crippen molar-refractivity contribution in [2.75, 3.05) is 4.90 Å². The molecule has 1 N–H and O–H groups in total. The smallest absolute Gasteiger partial charge is 0.277 e. The molecule has 2 aromatic heterocycles. The summed E-state index contributed by atoms with van der Waals surface area (Å²) < 4.78 is 15.2. The third kappa shape index (κ3) is 3.90. The maximum atomic E-state index is 13.7. The van der Waals surface area contributed by atoms with Gasteiger partial charge in [0.2, 0.25) is 5.91 Å². The van der Waals surface area contributed by atoms with E-state index in [-0.39, 0.29) is 18.4 Å². The van der Waals surface area contributed by atoms with E-state index in [0.717, 1.165) is 16.0 Å². The Morgan fingerprint density at radius 2 is 1.94 bits per heavy atom. The summed E-state index contributed by atoms with van der Waals surface area (Å²) in [7, 11) is 0. The number of thiophene rings is 1. The van der Waals surface area contributed by atoms with Gasteiger partial charge in [-0.15, -0.1) is 11.3 Å². The van der Waals surface area contributed by atoms with Crippen LogP contribution >= 0.6 is 11.3 Å². The van der Waals surface area contributed by atoms with Gasteiger partial charge in [-0.3, -0.25) is 19.2 Å². The van der Waals surface area contributed by atoms with Gasteiger partial charge in [0.25, 0.3) is 5.91 Å². The summed E-state index contributed by atoms with van der Waals surface area (Å²) in [6.07, 6.45) is 0. The van der Waals surface area contributed by atoms with Gasteiger partial charge in [-0.1, -0.05) is 35.9 Å². The zero-order valence-corrected chi connectivity index (χ0v) is 19.6. The molecule has 0 saturated heterocycles. The van der Waals surface area contributed by atoms with Crippen molar-refractivity contribution in [2.24, 2.45) is 0 Å². The van der Waals surface area contributed by atoms with Crippen molar-refractivity contribution >= 4 is 28.8 Å². The highest BCUT2D eigenvalue weighted by atomic mass is 32.1. The Kier molecular flexibility index (Phi) is 5.53. The summed E-state index contributed by atoms with van der Waals surface area (Å²) in [5.41, 5.74) is 2.31. The molecular weight excluding hydrogens is 451 g/mol. The van der Waals surface area contributed by atoms with Crippen molar-refractivity contribution in [1.29, 1.82) is 0 Å². The van der Waals surface area contributed by atoms with Gasteiger partial charge in [-0.25, -0.2) is 4.39 Å². The lowest BCUT2D eigenvalue weighted by molar-refractivity contribution is -0.126. The van der Waals surface area contributed by atoms with Gasteiger partial charge in [-0.05, 0) is 61.2 Å². The Hall–Kier alpha value is -3.78. The monoisotopic (exact) mass is 474 g/mol. The molecule has 3 heterocycles. The van der Waals surface area contributed by atoms with Crippen LogP contribution in [0.1, 0.15) is 28.5 Å². The highest BCUT2D eigenvalue weighted by Crippen LogP contribution is 2.35. The zero-order chi connectivity index (χ0) is 23.9. The number of hydrogen-bond acceptors (Lipinski definition) is 4. The summed E-state index contributed by atoms with van der Waals surface area (Å²) in [6.45, 7) is 4.20. The molecule has 1 unspecified atom stereocenters. The Morgan fingerprint density at radius 3 is 2.65 bits per heavy atom. The quantitative estimate of drug-likeness (QED) is 0.452. The largest absolute Gasteiger partial charge is 0.350 e. The highest BCUT2D eigenvalue weighted by molar-refractivity contribution is 7.13. The topological polar surface area (TPSA) is 67.2 Å². The van der Waals surface area contributed by atoms with E-state index >= 15 is 0 Å². The minimum Gasteiger partial charge on any atom is -0.350 e. The number of carbonyl (C=O) groups excluding carboxylic acids is 2. The summed E-state index contributed by atoms with van der Waals surface area (Å²) in [5, 5.41) is 9.57. The lowest BCUT2D eigenvalue weighted by atomic mass is 9.93. The second-order valence-electron chi connectivity index (χ2n) is 8.61. The molecule has 0 spiro atoms. The number of benzene rings is 2. The number of hydrogen-bond donors (Lipinski definition) is 1. The van der Waals surface area contributed by atoms with E-state index in [9.17, 15) is 14.0 Å². The second kappa shape index (κ2) is 8.53. The molecule has 0 aliphatic carbocycles. The van der Waals surface area contributed by atoms with Crippen molar-refractivity contribution in [3.63, 3.8) is 0 Å². The van der Waals surface area contributed by atoms with E-state index in [4.69, 9.17) is 0 Å². The van der Waals surface area contributed by atoms with E-state index in [0.29, 0.717) is 23.6 Å². The van der Waals surface area contributed by atoms with Crippen LogP contribution in [-0.2, 0) is 17.9 Å². The van der Waals surface area contributed by atoms with E-state index in [1.165, 1.54) is 40.5 Å². The van der Waals surface area contributed by atoms with Crippen molar-refractivity contribution in [2.45, 2.75) is 32.5 Å². The van der Waals surface area contributed by atoms with Crippen LogP contribution in [0.3, 0.4) is 0 Å². The Bertz CT molecular complexity index is 1360. The fourth-order valence-corrected chi connectivity index (χ4v) is 5.00. The van der Waals surface area contributed by atoms with Crippen LogP contribution in [0.4, 0.5) is 10.1 Å². The minimum absolute atomic E-state index is 0.163. The highest BCUT2D eigenvalue weighted by Gasteiger charge is 2.48. The van der Waals surface area contributed by atoms with Gasteiger partial charge in [0.15, 0.2) is 0 Å². The van der Waals surface area contributed by atoms with Gasteiger partial charge in [0.1, 0.15) is 22.7 Å². The number of nitrogens with one attached hydrogen (secondary N) is 1. The molecule has 0 bridgehead atoms. The van der Waals surface area contributed by atoms with Gasteiger partial charge in [-0.2, -0.15) is 5.10 Å². The average molecular weight is 475 g/mol. The number of rotatable bonds is 5. The van der Waals surface area contributed by atoms with Gasteiger partial charge in [0, 0.05) is 12.2 Å². The third-order valence-corrected chi connectivity index (χ3v) is 6.93. The first kappa shape index (κ1) is 22.0. The normalized spacial score (nSPS) is 17.5. The van der Waals surface area contributed by atoms with E-state index < -0.39 is 11.4 Å². The predicted molar refractivity (Wildman–Crippen MR) is 130 cm³/mol. The molecule has 1 atom stereocenters. The number of halogens is 1. The number of aryl methyl sites for hydroxylation is 1. The number of nitrogens with zero attached hydrogens (tertiary/aromatic N) is 3. The van der Waals surface area contributed by atoms with Crippen molar-refractivity contribution in [3.8, 4) is 10.6 Å². The fraction of sp³-hybridized carbons (Fsp3) is 0.192. The molecular formula is C26H23FN4O2S. The van der Waals surface area contributed by atoms with Gasteiger partial charge >= 0.3 is 0 Å². The zero-order valence-electron chi connectivity index (χ0n) is 18.8. The molecule has 0 saturated carbocycles. The maximum absolute atomic E-state index is 13.7. The number of fused-ring (bicyclic) bond motifs is 1. The van der Waals surface area contributed by atoms with Crippen LogP contribution in [0.15, 0.2) is 72.1 Å². The molecule has 4 aromatic rings. The Balaban J connectivity index is 1.53. The molecule has 172 valence electrons. The molecule has 6 nitrogen and oxygen atoms in total. The number of anilines is 1. The standard InChI is InChI=1S/C26H23FN4O2S/c1-17-5-3-6-18(13-17)15-28-25(33)26(2)16-30-22(14-21(29-30)23-7-4-12-34-23)24(32)31(26)20-10-8-19(27)9-11-20/h3-14H,15-16H2,1-2H3,(H,28,33). The first-order chi connectivity index (χ1) is 16.3. The lowest BCUT2D eigenvalue weighted by Gasteiger charge is -2.43. The third-order valence-electron chi connectivity index (χ3n) is 6.04. The molecule has 0 radical (unpaired) electrons. The molecule has 5 rings (SSSR count). The number of amides is 2. The van der Waals surface area contributed by atoms with Gasteiger partial charge in [0.05, 0.1) is 11.4 Å². The van der Waals surface area contributed by atoms with Crippen LogP contribution in [-0.4, -0.2) is 27.1 Å². The van der Waals surface area contributed by atoms with Crippen LogP contribution in [0.5, 0.6) is 0 Å². The summed E-state index contributed by atoms with van der Waals surface area (Å²) in [6, 6.07) is 19.1. The molecule has 1 aliphatic heterocycles. The summed E-state index contributed by atoms with van der Waals surface area (Å²) in [4.78, 5) is 29.7. The molecule has 0 fully saturated rings. The number of carbonyl (C=O) groups is 2. The van der Waals surface area contributed by atoms with Crippen molar-refractivity contribution < 1.29 is 14.0 Å². The van der Waals surface area contributed by atoms with Crippen molar-refractivity contribution in [1.82, 2.24) is 15.1 Å². The van der Waals surface area contributed by atoms with Crippen LogP contribution < -0.4 is 10.2 Å². The first-order valence-corrected chi connectivity index (χ1v) is 11.8. The lowest BCUT2D eigenvalue weighted by Crippen LogP contribution is -2.64. The van der Waals surface area contributed by atoms with Crippen LogP contribution in [0.2, 0.25) is 0 Å². The molecule has 2 aromatic carbocycles. The predicted octanol–water partition coefficient (Wildman–Crippen LogP) is 4.79. The average Bonchev–Trinajstić information content (AvgIpc) is 3.49. The summed E-state index contributed by atoms with van der Waals surface area (Å²) in [5.74, 6) is -1.09. The number of aromatic nitrogens is 2. The summed E-state index contributed by atoms with van der Waals surface area (Å²) >= 11 is 1.53.